The number of carbonyl (C=O) groups excluding carboxylic acids is 2. The molecule has 0 bridgehead atoms. The normalized spacial score (nSPS) is 30.9. The minimum absolute atomic E-state index is 0.0690. The van der Waals surface area contributed by atoms with Gasteiger partial charge in [0, 0.05) is 23.6 Å². The number of carbonyl (C=O) groups is 2. The zero-order valence-corrected chi connectivity index (χ0v) is 21.3. The van der Waals surface area contributed by atoms with E-state index in [1.807, 2.05) is 57.4 Å². The molecule has 1 aromatic heterocycles. The minimum atomic E-state index is -1.21. The van der Waals surface area contributed by atoms with Gasteiger partial charge < -0.3 is 14.9 Å². The van der Waals surface area contributed by atoms with Crippen molar-refractivity contribution in [1.82, 2.24) is 4.98 Å². The van der Waals surface area contributed by atoms with Gasteiger partial charge in [0.25, 0.3) is 0 Å². The first-order valence-corrected chi connectivity index (χ1v) is 12.3. The number of thiazole rings is 1. The highest BCUT2D eigenvalue weighted by Gasteiger charge is 2.38. The molecule has 4 atom stereocenters. The molecule has 1 aliphatic heterocycles. The molecule has 0 amide bonds. The Bertz CT molecular complexity index is 927. The summed E-state index contributed by atoms with van der Waals surface area (Å²) in [6.45, 7) is 10.9. The molecule has 0 aromatic carbocycles. The lowest BCUT2D eigenvalue weighted by molar-refractivity contribution is -0.153. The Balaban J connectivity index is 2.34. The molecule has 7 heteroatoms. The van der Waals surface area contributed by atoms with Crippen LogP contribution in [-0.2, 0) is 14.3 Å². The molecule has 33 heavy (non-hydrogen) atoms. The van der Waals surface area contributed by atoms with E-state index in [0.29, 0.717) is 12.8 Å². The van der Waals surface area contributed by atoms with Crippen LogP contribution in [0, 0.1) is 18.3 Å². The van der Waals surface area contributed by atoms with E-state index in [1.54, 1.807) is 25.2 Å². The maximum atomic E-state index is 12.8. The molecule has 6 nitrogen and oxygen atoms in total. The molecule has 0 radical (unpaired) electrons. The van der Waals surface area contributed by atoms with Crippen LogP contribution in [0.3, 0.4) is 0 Å². The average Bonchev–Trinajstić information content (AvgIpc) is 3.14. The van der Waals surface area contributed by atoms with Gasteiger partial charge in [-0.05, 0) is 44.8 Å². The molecule has 1 aromatic rings. The second kappa shape index (κ2) is 11.9. The molecule has 0 fully saturated rings. The summed E-state index contributed by atoms with van der Waals surface area (Å²) < 4.78 is 5.76. The Kier molecular flexibility index (Phi) is 9.76. The van der Waals surface area contributed by atoms with Crippen LogP contribution in [0.5, 0.6) is 0 Å². The Morgan fingerprint density at radius 3 is 2.55 bits per heavy atom. The summed E-state index contributed by atoms with van der Waals surface area (Å²) in [7, 11) is 0. The van der Waals surface area contributed by atoms with E-state index < -0.39 is 29.7 Å². The van der Waals surface area contributed by atoms with Crippen LogP contribution in [0.4, 0.5) is 0 Å². The molecule has 182 valence electrons. The second-order valence-electron chi connectivity index (χ2n) is 9.59. The van der Waals surface area contributed by atoms with Gasteiger partial charge in [0.2, 0.25) is 0 Å². The number of hydrogen-bond donors (Lipinski definition) is 2. The molecule has 2 N–H and O–H groups in total. The SMILES string of the molecule is CC1=C\C[C@@H](/C(C)=C/c2csc(C)n2)OC(=O)C[C@H](O)C(C)(C)C(=O)C[C@@H](O)[C@@H](C)C\C=C\1. The summed E-state index contributed by atoms with van der Waals surface area (Å²) >= 11 is 1.55. The summed E-state index contributed by atoms with van der Waals surface area (Å²) in [5.41, 5.74) is 1.50. The van der Waals surface area contributed by atoms with E-state index in [1.165, 1.54) is 0 Å². The van der Waals surface area contributed by atoms with E-state index >= 15 is 0 Å². The van der Waals surface area contributed by atoms with Crippen molar-refractivity contribution in [2.45, 2.75) is 85.5 Å². The molecular weight excluding hydrogens is 438 g/mol. The number of ether oxygens (including phenoxy) is 1. The fraction of sp³-hybridized carbons (Fsp3) is 0.577. The van der Waals surface area contributed by atoms with Gasteiger partial charge in [-0.1, -0.05) is 44.6 Å². The van der Waals surface area contributed by atoms with Crippen molar-refractivity contribution < 1.29 is 24.5 Å². The topological polar surface area (TPSA) is 96.7 Å². The van der Waals surface area contributed by atoms with Gasteiger partial charge in [-0.25, -0.2) is 4.98 Å². The average molecular weight is 476 g/mol. The van der Waals surface area contributed by atoms with Gasteiger partial charge in [-0.3, -0.25) is 9.59 Å². The van der Waals surface area contributed by atoms with Crippen molar-refractivity contribution in [2.24, 2.45) is 11.3 Å². The molecule has 1 aliphatic rings. The number of cyclic esters (lactones) is 1. The van der Waals surface area contributed by atoms with E-state index in [9.17, 15) is 19.8 Å². The lowest BCUT2D eigenvalue weighted by atomic mass is 9.77. The van der Waals surface area contributed by atoms with E-state index in [2.05, 4.69) is 4.98 Å². The Hall–Kier alpha value is -2.09. The molecule has 0 aliphatic carbocycles. The van der Waals surface area contributed by atoms with Crippen LogP contribution >= 0.6 is 11.3 Å². The largest absolute Gasteiger partial charge is 0.457 e. The van der Waals surface area contributed by atoms with Crippen LogP contribution in [0.2, 0.25) is 0 Å². The van der Waals surface area contributed by atoms with Crippen molar-refractivity contribution in [3.63, 3.8) is 0 Å². The second-order valence-corrected chi connectivity index (χ2v) is 10.7. The first-order valence-electron chi connectivity index (χ1n) is 11.4. The predicted octanol–water partition coefficient (Wildman–Crippen LogP) is 4.80. The third-order valence-corrected chi connectivity index (χ3v) is 7.09. The number of nitrogens with zero attached hydrogens (tertiary/aromatic N) is 1. The summed E-state index contributed by atoms with van der Waals surface area (Å²) in [6, 6.07) is 0. The summed E-state index contributed by atoms with van der Waals surface area (Å²) in [5, 5.41) is 24.1. The van der Waals surface area contributed by atoms with Gasteiger partial charge in [-0.2, -0.15) is 0 Å². The number of aliphatic hydroxyl groups excluding tert-OH is 2. The number of aliphatic hydroxyl groups is 2. The van der Waals surface area contributed by atoms with Gasteiger partial charge in [-0.15, -0.1) is 11.3 Å². The van der Waals surface area contributed by atoms with Crippen molar-refractivity contribution >= 4 is 29.2 Å². The van der Waals surface area contributed by atoms with Gasteiger partial charge >= 0.3 is 5.97 Å². The number of aryl methyl sites for hydroxylation is 1. The first-order chi connectivity index (χ1) is 15.4. The third kappa shape index (κ3) is 8.02. The Morgan fingerprint density at radius 1 is 1.21 bits per heavy atom. The van der Waals surface area contributed by atoms with Crippen molar-refractivity contribution in [1.29, 1.82) is 0 Å². The van der Waals surface area contributed by atoms with Crippen LogP contribution < -0.4 is 0 Å². The highest BCUT2D eigenvalue weighted by molar-refractivity contribution is 7.09. The number of hydrogen-bond acceptors (Lipinski definition) is 7. The van der Waals surface area contributed by atoms with Crippen molar-refractivity contribution in [3.05, 3.63) is 45.5 Å². The Morgan fingerprint density at radius 2 is 1.91 bits per heavy atom. The van der Waals surface area contributed by atoms with Crippen LogP contribution in [0.1, 0.15) is 71.0 Å². The zero-order valence-electron chi connectivity index (χ0n) is 20.5. The minimum Gasteiger partial charge on any atom is -0.457 e. The summed E-state index contributed by atoms with van der Waals surface area (Å²) in [5.74, 6) is -0.956. The van der Waals surface area contributed by atoms with Gasteiger partial charge in [0.15, 0.2) is 0 Å². The van der Waals surface area contributed by atoms with Crippen molar-refractivity contribution in [3.8, 4) is 0 Å². The highest BCUT2D eigenvalue weighted by Crippen LogP contribution is 2.29. The molecule has 2 rings (SSSR count). The molecular formula is C26H37NO5S. The molecule has 0 saturated carbocycles. The molecule has 0 saturated heterocycles. The fourth-order valence-electron chi connectivity index (χ4n) is 3.55. The predicted molar refractivity (Wildman–Crippen MR) is 132 cm³/mol. The Labute approximate surface area is 201 Å². The smallest absolute Gasteiger partial charge is 0.309 e. The number of esters is 1. The maximum absolute atomic E-state index is 12.8. The summed E-state index contributed by atoms with van der Waals surface area (Å²) in [4.78, 5) is 30.0. The lowest BCUT2D eigenvalue weighted by Crippen LogP contribution is -2.41. The number of rotatable bonds is 2. The monoisotopic (exact) mass is 475 g/mol. The number of aromatic nitrogens is 1. The van der Waals surface area contributed by atoms with Crippen molar-refractivity contribution in [2.75, 3.05) is 0 Å². The van der Waals surface area contributed by atoms with Gasteiger partial charge in [0.1, 0.15) is 11.9 Å². The standard InChI is InChI=1S/C26H37NO5S/c1-16-8-7-9-17(2)21(28)13-23(29)26(5,6)24(30)14-25(31)32-22(11-10-16)18(3)12-20-15-33-19(4)27-20/h7-8,10,12,15,17,21-22,24,28,30H,9,11,13-14H2,1-6H3/b8-7+,16-10+,18-12+/t17-,21+,22-,24-/m0/s1. The van der Waals surface area contributed by atoms with E-state index in [-0.39, 0.29) is 24.5 Å². The summed E-state index contributed by atoms with van der Waals surface area (Å²) in [6.07, 6.45) is 6.08. The maximum Gasteiger partial charge on any atom is 0.309 e. The zero-order chi connectivity index (χ0) is 24.8. The first kappa shape index (κ1) is 27.2. The third-order valence-electron chi connectivity index (χ3n) is 6.30. The number of ketones is 1. The molecule has 0 spiro atoms. The number of Topliss-reactive ketones (excluding diaryl/α,β-unsaturated/α-hetero) is 1. The van der Waals surface area contributed by atoms with Crippen LogP contribution in [0.15, 0.2) is 34.8 Å². The molecule has 2 heterocycles. The fourth-order valence-corrected chi connectivity index (χ4v) is 4.12. The van der Waals surface area contributed by atoms with Gasteiger partial charge in [0.05, 0.1) is 29.3 Å². The van der Waals surface area contributed by atoms with E-state index in [0.717, 1.165) is 21.8 Å². The van der Waals surface area contributed by atoms with Crippen LogP contribution in [-0.4, -0.2) is 45.3 Å². The number of allylic oxidation sites excluding steroid dienone is 3. The molecule has 0 unspecified atom stereocenters. The van der Waals surface area contributed by atoms with Crippen LogP contribution in [0.25, 0.3) is 6.08 Å². The lowest BCUT2D eigenvalue weighted by Gasteiger charge is -2.31. The quantitative estimate of drug-likeness (QED) is 0.597. The van der Waals surface area contributed by atoms with E-state index in [4.69, 9.17) is 4.74 Å². The highest BCUT2D eigenvalue weighted by atomic mass is 32.1.